The van der Waals surface area contributed by atoms with Gasteiger partial charge in [-0.25, -0.2) is 4.98 Å². The first-order chi connectivity index (χ1) is 9.69. The van der Waals surface area contributed by atoms with E-state index >= 15 is 0 Å². The van der Waals surface area contributed by atoms with Crippen LogP contribution in [0.1, 0.15) is 18.4 Å². The normalized spacial score (nSPS) is 10.5. The van der Waals surface area contributed by atoms with Crippen LogP contribution in [0.5, 0.6) is 0 Å². The summed E-state index contributed by atoms with van der Waals surface area (Å²) >= 11 is 1.62. The van der Waals surface area contributed by atoms with Gasteiger partial charge in [0.25, 0.3) is 0 Å². The van der Waals surface area contributed by atoms with Crippen LogP contribution in [0, 0.1) is 6.92 Å². The minimum Gasteiger partial charge on any atom is -0.325 e. The van der Waals surface area contributed by atoms with Gasteiger partial charge in [-0.15, -0.1) is 11.3 Å². The first-order valence-electron chi connectivity index (χ1n) is 6.72. The highest BCUT2D eigenvalue weighted by Gasteiger charge is 2.05. The number of anilines is 1. The van der Waals surface area contributed by atoms with Crippen LogP contribution in [-0.4, -0.2) is 24.0 Å². The molecule has 0 radical (unpaired) electrons. The summed E-state index contributed by atoms with van der Waals surface area (Å²) in [5.74, 6) is -0.0231. The van der Waals surface area contributed by atoms with Gasteiger partial charge < -0.3 is 10.6 Å². The summed E-state index contributed by atoms with van der Waals surface area (Å²) in [4.78, 5) is 16.2. The van der Waals surface area contributed by atoms with Crippen LogP contribution in [-0.2, 0) is 4.79 Å². The molecule has 1 aromatic heterocycles. The lowest BCUT2D eigenvalue weighted by Crippen LogP contribution is -2.28. The smallest absolute Gasteiger partial charge is 0.238 e. The van der Waals surface area contributed by atoms with Gasteiger partial charge in [0.15, 0.2) is 0 Å². The molecule has 0 bridgehead atoms. The molecule has 0 aliphatic heterocycles. The molecule has 0 aliphatic carbocycles. The zero-order chi connectivity index (χ0) is 14.4. The van der Waals surface area contributed by atoms with Crippen molar-refractivity contribution in [3.63, 3.8) is 0 Å². The van der Waals surface area contributed by atoms with Gasteiger partial charge in [-0.2, -0.15) is 0 Å². The van der Waals surface area contributed by atoms with Gasteiger partial charge >= 0.3 is 0 Å². The average molecular weight is 289 g/mol. The van der Waals surface area contributed by atoms with Crippen LogP contribution < -0.4 is 10.6 Å². The Kier molecular flexibility index (Phi) is 5.26. The van der Waals surface area contributed by atoms with E-state index in [4.69, 9.17) is 0 Å². The number of hydrogen-bond acceptors (Lipinski definition) is 4. The van der Waals surface area contributed by atoms with Crippen molar-refractivity contribution in [1.82, 2.24) is 10.3 Å². The van der Waals surface area contributed by atoms with Crippen molar-refractivity contribution < 1.29 is 4.79 Å². The molecule has 20 heavy (non-hydrogen) atoms. The Morgan fingerprint density at radius 1 is 1.40 bits per heavy atom. The van der Waals surface area contributed by atoms with Gasteiger partial charge in [0.05, 0.1) is 17.2 Å². The maximum Gasteiger partial charge on any atom is 0.238 e. The maximum atomic E-state index is 11.8. The largest absolute Gasteiger partial charge is 0.325 e. The molecule has 0 unspecified atom stereocenters. The third kappa shape index (κ3) is 4.15. The fraction of sp³-hybridized carbons (Fsp3) is 0.333. The number of carbonyl (C=O) groups is 1. The van der Waals surface area contributed by atoms with Crippen LogP contribution in [0.25, 0.3) is 11.3 Å². The number of nitrogens with one attached hydrogen (secondary N) is 2. The summed E-state index contributed by atoms with van der Waals surface area (Å²) in [6.45, 7) is 5.25. The van der Waals surface area contributed by atoms with E-state index in [0.29, 0.717) is 6.54 Å². The number of nitrogens with zero attached hydrogens (tertiary/aromatic N) is 1. The third-order valence-corrected chi connectivity index (χ3v) is 3.55. The molecule has 2 N–H and O–H groups in total. The van der Waals surface area contributed by atoms with Crippen molar-refractivity contribution >= 4 is 22.9 Å². The number of aromatic nitrogens is 1. The molecule has 0 saturated heterocycles. The Labute approximate surface area is 123 Å². The predicted molar refractivity (Wildman–Crippen MR) is 84.1 cm³/mol. The molecule has 5 heteroatoms. The molecule has 0 fully saturated rings. The second-order valence-corrected chi connectivity index (χ2v) is 5.62. The molecule has 1 amide bonds. The number of benzene rings is 1. The second-order valence-electron chi connectivity index (χ2n) is 4.56. The average Bonchev–Trinajstić information content (AvgIpc) is 2.86. The van der Waals surface area contributed by atoms with Crippen LogP contribution in [0.2, 0.25) is 0 Å². The molecular weight excluding hydrogens is 270 g/mol. The Balaban J connectivity index is 2.01. The summed E-state index contributed by atoms with van der Waals surface area (Å²) < 4.78 is 0. The monoisotopic (exact) mass is 289 g/mol. The van der Waals surface area contributed by atoms with E-state index in [1.807, 2.05) is 36.6 Å². The predicted octanol–water partition coefficient (Wildman–Crippen LogP) is 3.06. The Morgan fingerprint density at radius 2 is 2.25 bits per heavy atom. The van der Waals surface area contributed by atoms with Crippen molar-refractivity contribution in [2.24, 2.45) is 0 Å². The first-order valence-corrected chi connectivity index (χ1v) is 7.60. The molecule has 0 aliphatic rings. The van der Waals surface area contributed by atoms with E-state index in [9.17, 15) is 4.79 Å². The molecule has 1 aromatic carbocycles. The standard InChI is InChI=1S/C15H19N3OS/c1-3-7-16-9-15(19)18-13-6-4-5-12(8-13)14-10-20-11(2)17-14/h4-6,8,10,16H,3,7,9H2,1-2H3,(H,18,19). The van der Waals surface area contributed by atoms with E-state index in [1.54, 1.807) is 11.3 Å². The lowest BCUT2D eigenvalue weighted by atomic mass is 10.1. The van der Waals surface area contributed by atoms with Gasteiger partial charge in [-0.05, 0) is 32.0 Å². The highest BCUT2D eigenvalue weighted by atomic mass is 32.1. The quantitative estimate of drug-likeness (QED) is 0.804. The van der Waals surface area contributed by atoms with Crippen LogP contribution in [0.4, 0.5) is 5.69 Å². The van der Waals surface area contributed by atoms with E-state index in [-0.39, 0.29) is 5.91 Å². The molecule has 4 nitrogen and oxygen atoms in total. The topological polar surface area (TPSA) is 54.0 Å². The maximum absolute atomic E-state index is 11.8. The van der Waals surface area contributed by atoms with E-state index < -0.39 is 0 Å². The molecule has 0 atom stereocenters. The molecule has 1 heterocycles. The highest BCUT2D eigenvalue weighted by Crippen LogP contribution is 2.24. The van der Waals surface area contributed by atoms with Crippen molar-refractivity contribution in [3.8, 4) is 11.3 Å². The summed E-state index contributed by atoms with van der Waals surface area (Å²) in [6.07, 6.45) is 1.02. The van der Waals surface area contributed by atoms with E-state index in [2.05, 4.69) is 22.5 Å². The van der Waals surface area contributed by atoms with Gasteiger partial charge in [0.2, 0.25) is 5.91 Å². The summed E-state index contributed by atoms with van der Waals surface area (Å²) in [6, 6.07) is 7.77. The lowest BCUT2D eigenvalue weighted by Gasteiger charge is -2.07. The van der Waals surface area contributed by atoms with Crippen molar-refractivity contribution in [2.45, 2.75) is 20.3 Å². The zero-order valence-corrected chi connectivity index (χ0v) is 12.6. The SMILES string of the molecule is CCCNCC(=O)Nc1cccc(-c2csc(C)n2)c1. The van der Waals surface area contributed by atoms with Crippen LogP contribution >= 0.6 is 11.3 Å². The van der Waals surface area contributed by atoms with Gasteiger partial charge in [0.1, 0.15) is 0 Å². The van der Waals surface area contributed by atoms with E-state index in [1.165, 1.54) is 0 Å². The van der Waals surface area contributed by atoms with Crippen LogP contribution in [0.3, 0.4) is 0 Å². The Bertz CT molecular complexity index is 580. The van der Waals surface area contributed by atoms with E-state index in [0.717, 1.165) is 34.9 Å². The van der Waals surface area contributed by atoms with Crippen molar-refractivity contribution in [2.75, 3.05) is 18.4 Å². The second kappa shape index (κ2) is 7.17. The number of hydrogen-bond donors (Lipinski definition) is 2. The fourth-order valence-corrected chi connectivity index (χ4v) is 2.46. The van der Waals surface area contributed by atoms with Crippen molar-refractivity contribution in [3.05, 3.63) is 34.7 Å². The number of aryl methyl sites for hydroxylation is 1. The molecule has 106 valence electrons. The van der Waals surface area contributed by atoms with Gasteiger partial charge in [0, 0.05) is 16.6 Å². The molecule has 0 saturated carbocycles. The Hall–Kier alpha value is -1.72. The first kappa shape index (κ1) is 14.7. The van der Waals surface area contributed by atoms with Gasteiger partial charge in [-0.3, -0.25) is 4.79 Å². The lowest BCUT2D eigenvalue weighted by molar-refractivity contribution is -0.115. The minimum absolute atomic E-state index is 0.0231. The summed E-state index contributed by atoms with van der Waals surface area (Å²) in [7, 11) is 0. The zero-order valence-electron chi connectivity index (χ0n) is 11.8. The molecule has 2 rings (SSSR count). The molecular formula is C15H19N3OS. The molecule has 0 spiro atoms. The fourth-order valence-electron chi connectivity index (χ4n) is 1.84. The number of rotatable bonds is 6. The number of thiazole rings is 1. The highest BCUT2D eigenvalue weighted by molar-refractivity contribution is 7.09. The summed E-state index contributed by atoms with van der Waals surface area (Å²) in [5.41, 5.74) is 2.78. The van der Waals surface area contributed by atoms with Gasteiger partial charge in [-0.1, -0.05) is 19.1 Å². The molecule has 2 aromatic rings. The van der Waals surface area contributed by atoms with Crippen LogP contribution in [0.15, 0.2) is 29.6 Å². The summed E-state index contributed by atoms with van der Waals surface area (Å²) in [5, 5.41) is 9.04. The Morgan fingerprint density at radius 3 is 2.95 bits per heavy atom. The number of amides is 1. The minimum atomic E-state index is -0.0231. The number of carbonyl (C=O) groups excluding carboxylic acids is 1. The van der Waals surface area contributed by atoms with Crippen molar-refractivity contribution in [1.29, 1.82) is 0 Å². The third-order valence-electron chi connectivity index (χ3n) is 2.77.